The molecule has 134 heavy (non-hydrogen) atoms. The van der Waals surface area contributed by atoms with E-state index in [0.29, 0.717) is 0 Å². The van der Waals surface area contributed by atoms with Crippen LogP contribution in [-0.2, 0) is 6.42 Å². The molecule has 6 heteroatoms. The van der Waals surface area contributed by atoms with E-state index in [1.54, 1.807) is 0 Å². The number of halogens is 1. The third kappa shape index (κ3) is 13.3. The average molecular weight is 1820 g/mol. The number of para-hydroxylation sites is 3. The predicted octanol–water partition coefficient (Wildman–Crippen LogP) is 34.6. The standard InChI is InChI=1S/C128H82IN5/c1-6-31-82(32-7-1)90-67-75-112-113(79-90)123(87-65-70-98(71-66-87)133-117-57-27-26-56-116(117)131-127(133)88-35-10-3-11-36-88)108-51-22-25-54-111(108)124(112)95-42-29-40-93(78-95)101-55-30-58-118-126(101)132-128(89-37-12-4-13-38-89)134(118)99-72-63-86(64-73-99)122-106-49-20-23-52-109(106)125(110-53-24-21-50-107(110)122)96-68-74-100-92(77-96)39-28-41-94(100)81-119-129(97-43-14-5-15-44-97)114-80-91(69-76-115(114)130-119)83-59-61-85(62-60-83)121-104-47-18-16-45-102(104)120(84-33-8-2-9-34-84)103-46-17-19-48-105(103)121/h1-80H,81H2. The molecule has 0 atom stereocenters. The third-order valence-corrected chi connectivity index (χ3v) is 33.2. The topological polar surface area (TPSA) is 48.0 Å². The zero-order valence-electron chi connectivity index (χ0n) is 73.0. The van der Waals surface area contributed by atoms with Gasteiger partial charge in [-0.05, 0) is 115 Å². The van der Waals surface area contributed by atoms with Crippen molar-refractivity contribution < 1.29 is 0 Å². The van der Waals surface area contributed by atoms with Gasteiger partial charge >= 0.3 is 369 Å². The summed E-state index contributed by atoms with van der Waals surface area (Å²) in [6.07, 6.45) is 0.770. The number of fused-ring (bicyclic) bond motifs is 10. The van der Waals surface area contributed by atoms with Crippen LogP contribution in [-0.4, -0.2) is 22.8 Å². The molecule has 25 aromatic rings. The van der Waals surface area contributed by atoms with Crippen molar-refractivity contribution in [3.8, 4) is 134 Å². The van der Waals surface area contributed by atoms with Crippen LogP contribution in [0.3, 0.4) is 0 Å². The molecule has 0 saturated carbocycles. The summed E-state index contributed by atoms with van der Waals surface area (Å²) in [7, 11) is 0. The first-order chi connectivity index (χ1) is 66.5. The molecule has 23 aromatic carbocycles. The number of nitrogens with zero attached hydrogens (tertiary/aromatic N) is 5. The number of hydrogen-bond acceptors (Lipinski definition) is 3. The summed E-state index contributed by atoms with van der Waals surface area (Å²) in [5, 5.41) is 17.1. The summed E-state index contributed by atoms with van der Waals surface area (Å²) in [6.45, 7) is 0. The largest absolute Gasteiger partial charge is 0.292 e. The number of hydrogen-bond donors (Lipinski definition) is 0. The monoisotopic (exact) mass is 1820 g/mol. The Bertz CT molecular complexity index is 8920. The molecule has 626 valence electrons. The molecule has 0 radical (unpaired) electrons. The molecule has 1 aliphatic heterocycles. The van der Waals surface area contributed by atoms with E-state index in [1.165, 1.54) is 159 Å². The van der Waals surface area contributed by atoms with Crippen molar-refractivity contribution in [1.29, 1.82) is 0 Å². The normalized spacial score (nSPS) is 12.4. The van der Waals surface area contributed by atoms with Gasteiger partial charge in [-0.2, -0.15) is 0 Å². The average Bonchev–Trinajstić information content (AvgIpc) is 0.981. The Morgan fingerprint density at radius 3 is 1.13 bits per heavy atom. The minimum Gasteiger partial charge on any atom is -0.292 e. The van der Waals surface area contributed by atoms with Gasteiger partial charge in [0.1, 0.15) is 11.6 Å². The zero-order valence-corrected chi connectivity index (χ0v) is 75.2. The second-order valence-electron chi connectivity index (χ2n) is 34.9. The van der Waals surface area contributed by atoms with Crippen LogP contribution >= 0.6 is 19.8 Å². The zero-order chi connectivity index (χ0) is 88.3. The van der Waals surface area contributed by atoms with Gasteiger partial charge in [0.25, 0.3) is 0 Å². The van der Waals surface area contributed by atoms with Gasteiger partial charge in [0.2, 0.25) is 0 Å². The maximum Gasteiger partial charge on any atom is 0.145 e. The van der Waals surface area contributed by atoms with Gasteiger partial charge in [0.15, 0.2) is 0 Å². The molecule has 5 nitrogen and oxygen atoms in total. The summed E-state index contributed by atoms with van der Waals surface area (Å²) in [6, 6.07) is 179. The first-order valence-electron chi connectivity index (χ1n) is 46.0. The van der Waals surface area contributed by atoms with Crippen molar-refractivity contribution in [1.82, 2.24) is 19.1 Å². The summed E-state index contributed by atoms with van der Waals surface area (Å²) in [4.78, 5) is 16.6. The summed E-state index contributed by atoms with van der Waals surface area (Å²) < 4.78 is 8.75. The Kier molecular flexibility index (Phi) is 19.1. The van der Waals surface area contributed by atoms with Gasteiger partial charge in [-0.1, -0.05) is 224 Å². The van der Waals surface area contributed by atoms with Gasteiger partial charge in [-0.3, -0.25) is 9.13 Å². The molecule has 2 aromatic heterocycles. The van der Waals surface area contributed by atoms with E-state index < -0.39 is 19.8 Å². The molecule has 1 aliphatic rings. The van der Waals surface area contributed by atoms with Crippen LogP contribution in [0.25, 0.3) is 232 Å². The van der Waals surface area contributed by atoms with Gasteiger partial charge in [-0.25, -0.2) is 9.97 Å². The SMILES string of the molecule is c1ccc(-c2ccc3c(-c4cccc(-c5cccc6c5nc(-c5ccccc5)n6-c5ccc(-c6c7ccccc7c(-c7ccc8c(CC9=Nc%10ccc(-c%11ccc(-c%12c%13ccccc%13c(-c%13ccccc%13)c%13ccccc%12%13)cc%11)cc%10I9c9ccccc9)cccc8c7)c7ccccc67)cc5)c4)c4ccccc4c(-c4ccc(-n5c(-c6ccccc6)nc6ccccc65)cc4)c3c2)cc1. The van der Waals surface area contributed by atoms with Crippen LogP contribution in [0.5, 0.6) is 0 Å². The van der Waals surface area contributed by atoms with Crippen molar-refractivity contribution >= 4 is 127 Å². The fourth-order valence-corrected chi connectivity index (χ4v) is 27.3. The van der Waals surface area contributed by atoms with Crippen molar-refractivity contribution in [3.63, 3.8) is 0 Å². The molecule has 0 aliphatic carbocycles. The molecule has 0 saturated heterocycles. The second-order valence-corrected chi connectivity index (χ2v) is 40.2. The van der Waals surface area contributed by atoms with Crippen molar-refractivity contribution in [3.05, 3.63) is 498 Å². The van der Waals surface area contributed by atoms with Crippen LogP contribution in [0.15, 0.2) is 490 Å². The molecule has 0 bridgehead atoms. The number of aliphatic imine (C=N–C) groups is 1. The summed E-state index contributed by atoms with van der Waals surface area (Å²) >= 11 is -2.26. The predicted molar refractivity (Wildman–Crippen MR) is 573 cm³/mol. The van der Waals surface area contributed by atoms with Crippen molar-refractivity contribution in [2.75, 3.05) is 0 Å². The Labute approximate surface area is 783 Å². The van der Waals surface area contributed by atoms with Crippen LogP contribution in [0.2, 0.25) is 0 Å². The van der Waals surface area contributed by atoms with Crippen LogP contribution in [0, 0.1) is 7.14 Å². The van der Waals surface area contributed by atoms with Crippen LogP contribution < -0.4 is 0 Å². The molecule has 0 amide bonds. The summed E-state index contributed by atoms with van der Waals surface area (Å²) in [5.74, 6) is 1.79. The Balaban J connectivity index is 0.525. The number of imidazole rings is 2. The first kappa shape index (κ1) is 78.3. The first-order valence-corrected chi connectivity index (χ1v) is 49.2. The van der Waals surface area contributed by atoms with E-state index in [2.05, 4.69) is 494 Å². The summed E-state index contributed by atoms with van der Waals surface area (Å²) in [5.41, 5.74) is 31.8. The molecule has 0 unspecified atom stereocenters. The molecule has 3 heterocycles. The van der Waals surface area contributed by atoms with E-state index in [9.17, 15) is 0 Å². The van der Waals surface area contributed by atoms with Crippen LogP contribution in [0.4, 0.5) is 5.69 Å². The minimum atomic E-state index is -2.26. The van der Waals surface area contributed by atoms with E-state index >= 15 is 0 Å². The molecule has 0 N–H and O–H groups in total. The van der Waals surface area contributed by atoms with Crippen molar-refractivity contribution in [2.45, 2.75) is 6.42 Å². The quantitative estimate of drug-likeness (QED) is 0.0715. The molecular weight excluding hydrogens is 1730 g/mol. The molecule has 0 fully saturated rings. The molecule has 0 spiro atoms. The third-order valence-electron chi connectivity index (χ3n) is 27.3. The van der Waals surface area contributed by atoms with Gasteiger partial charge in [0.05, 0.1) is 22.1 Å². The Hall–Kier alpha value is -16.8. The Morgan fingerprint density at radius 1 is 0.216 bits per heavy atom. The van der Waals surface area contributed by atoms with E-state index in [0.717, 1.165) is 102 Å². The molecule has 26 rings (SSSR count). The maximum atomic E-state index is 5.74. The van der Waals surface area contributed by atoms with E-state index in [-0.39, 0.29) is 0 Å². The minimum absolute atomic E-state index is 0.770. The second kappa shape index (κ2) is 32.7. The number of benzene rings is 23. The van der Waals surface area contributed by atoms with E-state index in [4.69, 9.17) is 15.0 Å². The van der Waals surface area contributed by atoms with Crippen LogP contribution in [0.1, 0.15) is 5.56 Å². The Morgan fingerprint density at radius 2 is 0.575 bits per heavy atom. The molecular formula is C128H82IN5. The van der Waals surface area contributed by atoms with E-state index in [1.807, 2.05) is 0 Å². The fraction of sp³-hybridized carbons (Fsp3) is 0.00781. The van der Waals surface area contributed by atoms with Gasteiger partial charge in [0, 0.05) is 28.1 Å². The number of rotatable bonds is 16. The van der Waals surface area contributed by atoms with Gasteiger partial charge in [-0.15, -0.1) is 0 Å². The maximum absolute atomic E-state index is 5.74. The smallest absolute Gasteiger partial charge is 0.145 e. The fourth-order valence-electron chi connectivity index (χ4n) is 21.3. The van der Waals surface area contributed by atoms with Gasteiger partial charge < -0.3 is 0 Å². The number of aromatic nitrogens is 4. The van der Waals surface area contributed by atoms with Crippen molar-refractivity contribution in [2.24, 2.45) is 4.99 Å².